The Kier molecular flexibility index (Phi) is 12.9. The predicted octanol–water partition coefficient (Wildman–Crippen LogP) is 13.1. The molecule has 0 N–H and O–H groups in total. The summed E-state index contributed by atoms with van der Waals surface area (Å²) in [6, 6.07) is 5.25. The summed E-state index contributed by atoms with van der Waals surface area (Å²) in [6.45, 7) is 33.8. The molecule has 0 saturated heterocycles. The van der Waals surface area contributed by atoms with Gasteiger partial charge in [-0.2, -0.15) is 0 Å². The average Bonchev–Trinajstić information content (AvgIpc) is 2.91. The maximum Gasteiger partial charge on any atom is -0.0129 e. The molecule has 5 unspecified atom stereocenters. The SMILES string of the molecule is CCC(C)C1=C(C(C)(C)C)CC(C(C)CC)C(CCCCc2cc(C(C)CC)c(C(C)(C)C)cc2C(C)CC)=C1. The molecule has 228 valence electrons. The summed E-state index contributed by atoms with van der Waals surface area (Å²) >= 11 is 0. The standard InChI is InChI=1S/C40H68/c1-15-27(5)33-25-37(39(9,10)11)35(29(7)17-3)23-31(33)21-19-20-22-32-24-36(30(8)18-4)38(40(12,13)14)26-34(32)28(6)16-2/h23-25,27-30,34H,15-22,26H2,1-14H3. The largest absolute Gasteiger partial charge is 0.0662 e. The molecule has 2 rings (SSSR count). The average molecular weight is 549 g/mol. The zero-order valence-electron chi connectivity index (χ0n) is 29.5. The van der Waals surface area contributed by atoms with Crippen LogP contribution >= 0.6 is 0 Å². The number of unbranched alkanes of at least 4 members (excludes halogenated alkanes) is 1. The van der Waals surface area contributed by atoms with E-state index >= 15 is 0 Å². The van der Waals surface area contributed by atoms with Crippen LogP contribution in [0.2, 0.25) is 0 Å². The molecule has 0 aromatic heterocycles. The Morgan fingerprint density at radius 2 is 1.23 bits per heavy atom. The van der Waals surface area contributed by atoms with E-state index in [4.69, 9.17) is 0 Å². The van der Waals surface area contributed by atoms with Crippen molar-refractivity contribution in [1.29, 1.82) is 0 Å². The minimum absolute atomic E-state index is 0.185. The number of hydrogen-bond acceptors (Lipinski definition) is 0. The highest BCUT2D eigenvalue weighted by molar-refractivity contribution is 5.45. The molecule has 1 aromatic carbocycles. The van der Waals surface area contributed by atoms with Crippen LogP contribution < -0.4 is 0 Å². The van der Waals surface area contributed by atoms with E-state index in [0.717, 1.165) is 5.92 Å². The number of aryl methyl sites for hydroxylation is 1. The zero-order chi connectivity index (χ0) is 30.4. The van der Waals surface area contributed by atoms with Gasteiger partial charge in [0.15, 0.2) is 0 Å². The smallest absolute Gasteiger partial charge is 0.0129 e. The zero-order valence-corrected chi connectivity index (χ0v) is 29.5. The molecule has 1 aromatic rings. The van der Waals surface area contributed by atoms with Gasteiger partial charge in [0.05, 0.1) is 0 Å². The second-order valence-electron chi connectivity index (χ2n) is 15.6. The highest BCUT2D eigenvalue weighted by atomic mass is 14.4. The fraction of sp³-hybridized carbons (Fsp3) is 0.750. The number of allylic oxidation sites excluding steroid dienone is 4. The third kappa shape index (κ3) is 8.61. The molecular formula is C40H68. The van der Waals surface area contributed by atoms with Crippen LogP contribution in [0.3, 0.4) is 0 Å². The lowest BCUT2D eigenvalue weighted by atomic mass is 9.67. The molecule has 0 bridgehead atoms. The molecule has 0 fully saturated rings. The molecule has 0 saturated carbocycles. The molecule has 1 aliphatic carbocycles. The summed E-state index contributed by atoms with van der Waals surface area (Å²) in [4.78, 5) is 0. The monoisotopic (exact) mass is 549 g/mol. The number of hydrogen-bond donors (Lipinski definition) is 0. The second-order valence-corrected chi connectivity index (χ2v) is 15.6. The molecule has 0 heterocycles. The van der Waals surface area contributed by atoms with Crippen molar-refractivity contribution in [3.8, 4) is 0 Å². The maximum atomic E-state index is 2.69. The Balaban J connectivity index is 2.37. The van der Waals surface area contributed by atoms with Crippen molar-refractivity contribution < 1.29 is 0 Å². The third-order valence-electron chi connectivity index (χ3n) is 10.5. The molecule has 0 radical (unpaired) electrons. The van der Waals surface area contributed by atoms with Crippen LogP contribution in [0.1, 0.15) is 182 Å². The van der Waals surface area contributed by atoms with Crippen LogP contribution in [0.25, 0.3) is 0 Å². The van der Waals surface area contributed by atoms with Crippen LogP contribution in [-0.4, -0.2) is 0 Å². The van der Waals surface area contributed by atoms with E-state index in [9.17, 15) is 0 Å². The van der Waals surface area contributed by atoms with Crippen molar-refractivity contribution in [2.45, 2.75) is 172 Å². The van der Waals surface area contributed by atoms with Crippen LogP contribution in [-0.2, 0) is 11.8 Å². The van der Waals surface area contributed by atoms with Crippen molar-refractivity contribution >= 4 is 0 Å². The van der Waals surface area contributed by atoms with Gasteiger partial charge >= 0.3 is 0 Å². The lowest BCUT2D eigenvalue weighted by Crippen LogP contribution is -2.25. The van der Waals surface area contributed by atoms with Gasteiger partial charge in [-0.25, -0.2) is 0 Å². The van der Waals surface area contributed by atoms with E-state index < -0.39 is 0 Å². The Morgan fingerprint density at radius 1 is 0.675 bits per heavy atom. The highest BCUT2D eigenvalue weighted by Crippen LogP contribution is 2.46. The van der Waals surface area contributed by atoms with Crippen LogP contribution in [0.5, 0.6) is 0 Å². The molecule has 0 spiro atoms. The van der Waals surface area contributed by atoms with Crippen LogP contribution in [0.15, 0.2) is 34.9 Å². The fourth-order valence-electron chi connectivity index (χ4n) is 6.87. The summed E-state index contributed by atoms with van der Waals surface area (Å²) in [6.07, 6.45) is 14.0. The normalized spacial score (nSPS) is 19.9. The van der Waals surface area contributed by atoms with E-state index in [1.165, 1.54) is 57.8 Å². The van der Waals surface area contributed by atoms with Crippen molar-refractivity contribution in [2.75, 3.05) is 0 Å². The summed E-state index contributed by atoms with van der Waals surface area (Å²) in [5.74, 6) is 3.36. The van der Waals surface area contributed by atoms with E-state index in [1.54, 1.807) is 39.0 Å². The van der Waals surface area contributed by atoms with E-state index in [1.807, 2.05) is 0 Å². The topological polar surface area (TPSA) is 0 Å². The second kappa shape index (κ2) is 14.7. The molecule has 1 aliphatic rings. The Hall–Kier alpha value is -1.30. The van der Waals surface area contributed by atoms with E-state index in [2.05, 4.69) is 115 Å². The first-order valence-electron chi connectivity index (χ1n) is 17.2. The Labute approximate surface area is 251 Å². The molecule has 0 heteroatoms. The maximum absolute atomic E-state index is 2.69. The lowest BCUT2D eigenvalue weighted by molar-refractivity contribution is 0.342. The van der Waals surface area contributed by atoms with Gasteiger partial charge in [-0.15, -0.1) is 0 Å². The summed E-state index contributed by atoms with van der Waals surface area (Å²) in [7, 11) is 0. The first kappa shape index (κ1) is 34.9. The minimum atomic E-state index is 0.185. The Bertz CT molecular complexity index is 1000. The Morgan fingerprint density at radius 3 is 1.73 bits per heavy atom. The molecule has 40 heavy (non-hydrogen) atoms. The van der Waals surface area contributed by atoms with Crippen LogP contribution in [0, 0.1) is 23.2 Å². The van der Waals surface area contributed by atoms with E-state index in [0.29, 0.717) is 23.7 Å². The summed E-state index contributed by atoms with van der Waals surface area (Å²) in [5, 5.41) is 0. The molecule has 0 aliphatic heterocycles. The summed E-state index contributed by atoms with van der Waals surface area (Å²) < 4.78 is 0. The minimum Gasteiger partial charge on any atom is -0.0662 e. The van der Waals surface area contributed by atoms with E-state index in [-0.39, 0.29) is 10.8 Å². The van der Waals surface area contributed by atoms with Crippen molar-refractivity contribution in [1.82, 2.24) is 0 Å². The fourth-order valence-corrected chi connectivity index (χ4v) is 6.87. The third-order valence-corrected chi connectivity index (χ3v) is 10.5. The first-order valence-corrected chi connectivity index (χ1v) is 17.2. The van der Waals surface area contributed by atoms with Gasteiger partial charge in [-0.05, 0) is 120 Å². The van der Waals surface area contributed by atoms with Gasteiger partial charge in [0.1, 0.15) is 0 Å². The summed E-state index contributed by atoms with van der Waals surface area (Å²) in [5.41, 5.74) is 12.0. The van der Waals surface area contributed by atoms with Crippen molar-refractivity contribution in [3.05, 3.63) is 57.2 Å². The highest BCUT2D eigenvalue weighted by Gasteiger charge is 2.33. The van der Waals surface area contributed by atoms with Gasteiger partial charge in [0.25, 0.3) is 0 Å². The van der Waals surface area contributed by atoms with Gasteiger partial charge in [0.2, 0.25) is 0 Å². The molecule has 5 atom stereocenters. The quantitative estimate of drug-likeness (QED) is 0.215. The van der Waals surface area contributed by atoms with Crippen molar-refractivity contribution in [2.24, 2.45) is 23.2 Å². The van der Waals surface area contributed by atoms with Gasteiger partial charge in [-0.3, -0.25) is 0 Å². The molecule has 0 nitrogen and oxygen atoms in total. The van der Waals surface area contributed by atoms with Gasteiger partial charge in [-0.1, -0.05) is 133 Å². The van der Waals surface area contributed by atoms with Gasteiger partial charge in [0, 0.05) is 0 Å². The van der Waals surface area contributed by atoms with Gasteiger partial charge < -0.3 is 0 Å². The number of benzene rings is 1. The molecule has 0 amide bonds. The van der Waals surface area contributed by atoms with Crippen LogP contribution in [0.4, 0.5) is 0 Å². The van der Waals surface area contributed by atoms with Crippen molar-refractivity contribution in [3.63, 3.8) is 0 Å². The number of rotatable bonds is 13. The molecular weight excluding hydrogens is 480 g/mol. The first-order chi connectivity index (χ1) is 18.6. The lowest BCUT2D eigenvalue weighted by Gasteiger charge is -2.38. The predicted molar refractivity (Wildman–Crippen MR) is 182 cm³/mol.